The van der Waals surface area contributed by atoms with Crippen LogP contribution in [0.5, 0.6) is 0 Å². The first-order valence-electron chi connectivity index (χ1n) is 10.6. The van der Waals surface area contributed by atoms with Crippen molar-refractivity contribution in [2.24, 2.45) is 0 Å². The van der Waals surface area contributed by atoms with E-state index in [1.165, 1.54) is 36.4 Å². The van der Waals surface area contributed by atoms with Crippen LogP contribution in [0.2, 0.25) is 5.02 Å². The number of alkyl halides is 3. The van der Waals surface area contributed by atoms with Crippen LogP contribution in [0, 0.1) is 0 Å². The predicted octanol–water partition coefficient (Wildman–Crippen LogP) is 6.01. The molecule has 37 heavy (non-hydrogen) atoms. The van der Waals surface area contributed by atoms with Crippen LogP contribution in [0.3, 0.4) is 0 Å². The first kappa shape index (κ1) is 26.7. The fraction of sp³-hybridized carbons (Fsp3) is 0.125. The lowest BCUT2D eigenvalue weighted by Gasteiger charge is -2.22. The summed E-state index contributed by atoms with van der Waals surface area (Å²) < 4.78 is 72.1. The average Bonchev–Trinajstić information content (AvgIpc) is 3.30. The maximum atomic E-state index is 13.3. The van der Waals surface area contributed by atoms with E-state index in [0.29, 0.717) is 12.1 Å². The van der Waals surface area contributed by atoms with E-state index in [0.717, 1.165) is 27.7 Å². The molecule has 0 aliphatic carbocycles. The molecule has 1 atom stereocenters. The van der Waals surface area contributed by atoms with Crippen molar-refractivity contribution in [1.29, 1.82) is 0 Å². The zero-order valence-electron chi connectivity index (χ0n) is 18.8. The van der Waals surface area contributed by atoms with Crippen LogP contribution in [0.15, 0.2) is 72.8 Å². The van der Waals surface area contributed by atoms with Crippen molar-refractivity contribution >= 4 is 52.0 Å². The zero-order chi connectivity index (χ0) is 26.6. The van der Waals surface area contributed by atoms with E-state index in [4.69, 9.17) is 11.6 Å². The molecule has 0 bridgehead atoms. The van der Waals surface area contributed by atoms with Gasteiger partial charge in [-0.3, -0.25) is 9.35 Å². The Morgan fingerprint density at radius 2 is 1.76 bits per heavy atom. The third-order valence-electron chi connectivity index (χ3n) is 5.28. The number of benzene rings is 3. The fourth-order valence-corrected chi connectivity index (χ4v) is 5.00. The highest BCUT2D eigenvalue weighted by atomic mass is 35.5. The van der Waals surface area contributed by atoms with E-state index in [9.17, 15) is 26.7 Å². The third-order valence-corrected chi connectivity index (χ3v) is 6.76. The normalized spacial score (nSPS) is 12.2. The molecule has 4 aromatic rings. The van der Waals surface area contributed by atoms with Gasteiger partial charge in [-0.2, -0.15) is 21.9 Å². The first-order chi connectivity index (χ1) is 17.6. The predicted molar refractivity (Wildman–Crippen MR) is 136 cm³/mol. The molecule has 2 N–H and O–H groups in total. The summed E-state index contributed by atoms with van der Waals surface area (Å²) in [6.45, 7) is -0.420. The smallest absolute Gasteiger partial charge is 0.348 e. The fourth-order valence-electron chi connectivity index (χ4n) is 3.62. The first-order valence-corrected chi connectivity index (χ1v) is 12.8. The van der Waals surface area contributed by atoms with Crippen molar-refractivity contribution in [2.75, 3.05) is 4.31 Å². The van der Waals surface area contributed by atoms with Gasteiger partial charge in [0.15, 0.2) is 5.82 Å². The molecule has 192 valence electrons. The molecule has 1 heterocycles. The Morgan fingerprint density at radius 1 is 1.05 bits per heavy atom. The van der Waals surface area contributed by atoms with E-state index < -0.39 is 35.5 Å². The molecule has 0 aliphatic rings. The Kier molecular flexibility index (Phi) is 8.22. The molecule has 0 saturated heterocycles. The van der Waals surface area contributed by atoms with Gasteiger partial charge in [-0.1, -0.05) is 60.1 Å². The second kappa shape index (κ2) is 11.4. The van der Waals surface area contributed by atoms with E-state index in [1.807, 2.05) is 30.3 Å². The minimum Gasteiger partial charge on any atom is -0.348 e. The van der Waals surface area contributed by atoms with Crippen molar-refractivity contribution in [3.8, 4) is 0 Å². The van der Waals surface area contributed by atoms with Gasteiger partial charge < -0.3 is 5.32 Å². The zero-order valence-corrected chi connectivity index (χ0v) is 21.2. The molecule has 0 fully saturated rings. The number of nitrogens with one attached hydrogen (secondary N) is 1. The number of carbonyl (C=O) groups excluding carboxylic acids is 1. The van der Waals surface area contributed by atoms with Gasteiger partial charge in [-0.05, 0) is 35.4 Å². The Balaban J connectivity index is 1.67. The highest BCUT2D eigenvalue weighted by molar-refractivity contribution is 7.81. The second-order valence-electron chi connectivity index (χ2n) is 7.72. The number of rotatable bonds is 8. The lowest BCUT2D eigenvalue weighted by molar-refractivity contribution is -0.138. The molecule has 0 aliphatic heterocycles. The third kappa shape index (κ3) is 6.34. The van der Waals surface area contributed by atoms with Gasteiger partial charge in [0.1, 0.15) is 5.69 Å². The number of aromatic nitrogens is 2. The number of hydrogen-bond acceptors (Lipinski definition) is 5. The van der Waals surface area contributed by atoms with E-state index in [2.05, 4.69) is 14.1 Å². The van der Waals surface area contributed by atoms with Crippen molar-refractivity contribution in [3.63, 3.8) is 0 Å². The van der Waals surface area contributed by atoms with Crippen molar-refractivity contribution in [3.05, 3.63) is 106 Å². The maximum absolute atomic E-state index is 13.3. The molecule has 4 rings (SSSR count). The molecular formula is C24H18ClF3N4O3S2. The van der Waals surface area contributed by atoms with Gasteiger partial charge >= 0.3 is 6.18 Å². The summed E-state index contributed by atoms with van der Waals surface area (Å²) in [6, 6.07) is 18.2. The minimum atomic E-state index is -4.59. The number of hydrogen-bond donors (Lipinski definition) is 2. The largest absolute Gasteiger partial charge is 0.416 e. The molecule has 1 unspecified atom stereocenters. The molecule has 0 spiro atoms. The standard InChI is InChI=1S/C24H18ClF3N4O3S2/c25-17-10-11-18(23(33)29-14-16-8-4-5-9-19(16)24(26,27)28)21(13-17)32(37(34)35)22-20(30-36-31-22)12-15-6-2-1-3-7-15/h1-11,13H,12,14H2,(H,29,33)(H,34,35). The van der Waals surface area contributed by atoms with Crippen LogP contribution in [0.4, 0.5) is 24.7 Å². The quantitative estimate of drug-likeness (QED) is 0.255. The Labute approximate surface area is 221 Å². The van der Waals surface area contributed by atoms with Crippen LogP contribution in [-0.2, 0) is 30.4 Å². The van der Waals surface area contributed by atoms with Gasteiger partial charge in [0.05, 0.1) is 28.5 Å². The lowest BCUT2D eigenvalue weighted by Crippen LogP contribution is -2.28. The Morgan fingerprint density at radius 3 is 2.46 bits per heavy atom. The van der Waals surface area contributed by atoms with Crippen LogP contribution in [0.1, 0.15) is 32.7 Å². The molecule has 0 radical (unpaired) electrons. The van der Waals surface area contributed by atoms with Crippen LogP contribution in [0.25, 0.3) is 0 Å². The van der Waals surface area contributed by atoms with Gasteiger partial charge in [-0.15, -0.1) is 0 Å². The molecule has 1 aromatic heterocycles. The SMILES string of the molecule is O=C(NCc1ccccc1C(F)(F)F)c1ccc(Cl)cc1N(c1nsnc1Cc1ccccc1)S(=O)O. The topological polar surface area (TPSA) is 95.4 Å². The maximum Gasteiger partial charge on any atom is 0.416 e. The summed E-state index contributed by atoms with van der Waals surface area (Å²) in [6.07, 6.45) is -4.29. The Bertz CT molecular complexity index is 1430. The van der Waals surface area contributed by atoms with E-state index in [-0.39, 0.29) is 27.7 Å². The van der Waals surface area contributed by atoms with Crippen molar-refractivity contribution in [2.45, 2.75) is 19.1 Å². The molecule has 7 nitrogen and oxygen atoms in total. The van der Waals surface area contributed by atoms with Gasteiger partial charge in [-0.25, -0.2) is 8.51 Å². The Hall–Kier alpha value is -3.32. The lowest BCUT2D eigenvalue weighted by atomic mass is 10.1. The molecule has 1 amide bonds. The monoisotopic (exact) mass is 566 g/mol. The summed E-state index contributed by atoms with van der Waals surface area (Å²) in [5, 5.41) is 2.62. The number of carbonyl (C=O) groups is 1. The number of nitrogens with zero attached hydrogens (tertiary/aromatic N) is 3. The van der Waals surface area contributed by atoms with Crippen molar-refractivity contribution < 1.29 is 26.7 Å². The summed E-state index contributed by atoms with van der Waals surface area (Å²) in [4.78, 5) is 13.1. The summed E-state index contributed by atoms with van der Waals surface area (Å²) >= 11 is 4.28. The molecular weight excluding hydrogens is 549 g/mol. The second-order valence-corrected chi connectivity index (χ2v) is 9.51. The van der Waals surface area contributed by atoms with Crippen LogP contribution in [-0.4, -0.2) is 23.4 Å². The molecule has 3 aromatic carbocycles. The number of amides is 1. The summed E-state index contributed by atoms with van der Waals surface area (Å²) in [5.41, 5.74) is 0.127. The van der Waals surface area contributed by atoms with Crippen LogP contribution < -0.4 is 9.62 Å². The van der Waals surface area contributed by atoms with Crippen molar-refractivity contribution in [1.82, 2.24) is 14.1 Å². The minimum absolute atomic E-state index is 0.0495. The number of anilines is 2. The molecule has 0 saturated carbocycles. The number of halogens is 4. The van der Waals surface area contributed by atoms with E-state index in [1.54, 1.807) is 0 Å². The molecule has 13 heteroatoms. The highest BCUT2D eigenvalue weighted by Gasteiger charge is 2.33. The highest BCUT2D eigenvalue weighted by Crippen LogP contribution is 2.35. The van der Waals surface area contributed by atoms with E-state index >= 15 is 0 Å². The van der Waals surface area contributed by atoms with Gasteiger partial charge in [0.2, 0.25) is 0 Å². The van der Waals surface area contributed by atoms with Crippen LogP contribution >= 0.6 is 23.3 Å². The van der Waals surface area contributed by atoms with Gasteiger partial charge in [0, 0.05) is 18.0 Å². The summed E-state index contributed by atoms with van der Waals surface area (Å²) in [5.74, 6) is -0.722. The summed E-state index contributed by atoms with van der Waals surface area (Å²) in [7, 11) is 0. The van der Waals surface area contributed by atoms with Gasteiger partial charge in [0.25, 0.3) is 17.2 Å². The average molecular weight is 567 g/mol.